The summed E-state index contributed by atoms with van der Waals surface area (Å²) in [4.78, 5) is 11.1. The molecule has 0 spiro atoms. The van der Waals surface area contributed by atoms with Gasteiger partial charge in [0, 0.05) is 6.42 Å². The second-order valence-corrected chi connectivity index (χ2v) is 4.78. The molecule has 1 fully saturated rings. The van der Waals surface area contributed by atoms with Gasteiger partial charge in [-0.25, -0.2) is 0 Å². The zero-order valence-electron chi connectivity index (χ0n) is 8.01. The van der Waals surface area contributed by atoms with Gasteiger partial charge in [-0.15, -0.1) is 0 Å². The number of carbonyl (C=O) groups is 1. The molecule has 1 aliphatic rings. The Morgan fingerprint density at radius 2 is 2.07 bits per heavy atom. The third-order valence-corrected chi connectivity index (χ3v) is 3.71. The number of cyclic esters (lactones) is 1. The predicted molar refractivity (Wildman–Crippen MR) is 55.4 cm³/mol. The molecule has 5 heteroatoms. The first-order chi connectivity index (χ1) is 7.27. The number of rotatable bonds is 3. The van der Waals surface area contributed by atoms with E-state index in [1.54, 1.807) is 24.3 Å². The Morgan fingerprint density at radius 3 is 2.67 bits per heavy atom. The molecule has 1 aliphatic heterocycles. The van der Waals surface area contributed by atoms with E-state index < -0.39 is 19.7 Å². The van der Waals surface area contributed by atoms with Crippen LogP contribution in [0.5, 0.6) is 5.75 Å². The maximum atomic E-state index is 11.7. The number of esters is 1. The summed E-state index contributed by atoms with van der Waals surface area (Å²) in [5.41, 5.74) is -0.574. The molecular formula is C10H11O4P. The van der Waals surface area contributed by atoms with E-state index in [1.807, 2.05) is 6.07 Å². The van der Waals surface area contributed by atoms with Crippen molar-refractivity contribution < 1.29 is 18.6 Å². The zero-order valence-corrected chi connectivity index (χ0v) is 9.01. The molecule has 2 atom stereocenters. The van der Waals surface area contributed by atoms with Crippen LogP contribution in [-0.2, 0) is 14.1 Å². The summed E-state index contributed by atoms with van der Waals surface area (Å²) in [6.45, 7) is 0.345. The first-order valence-electron chi connectivity index (χ1n) is 4.71. The highest BCUT2D eigenvalue weighted by molar-refractivity contribution is 7.41. The van der Waals surface area contributed by atoms with E-state index in [9.17, 15) is 9.36 Å². The Hall–Kier alpha value is -1.28. The lowest BCUT2D eigenvalue weighted by Gasteiger charge is -2.08. The number of benzene rings is 1. The minimum Gasteiger partial charge on any atom is -0.465 e. The fraction of sp³-hybridized carbons (Fsp3) is 0.300. The smallest absolute Gasteiger partial charge is 0.319 e. The summed E-state index contributed by atoms with van der Waals surface area (Å²) >= 11 is 0. The van der Waals surface area contributed by atoms with Crippen LogP contribution in [-0.4, -0.2) is 18.2 Å². The van der Waals surface area contributed by atoms with E-state index in [0.29, 0.717) is 18.8 Å². The Labute approximate surface area is 88.1 Å². The topological polar surface area (TPSA) is 52.6 Å². The van der Waals surface area contributed by atoms with Crippen LogP contribution in [0.4, 0.5) is 0 Å². The zero-order chi connectivity index (χ0) is 10.7. The Bertz CT molecular complexity index is 376. The molecule has 1 heterocycles. The van der Waals surface area contributed by atoms with Crippen molar-refractivity contribution in [2.24, 2.45) is 0 Å². The van der Waals surface area contributed by atoms with Crippen LogP contribution in [0.1, 0.15) is 6.42 Å². The Kier molecular flexibility index (Phi) is 3.07. The average molecular weight is 226 g/mol. The van der Waals surface area contributed by atoms with Gasteiger partial charge in [-0.05, 0) is 12.1 Å². The van der Waals surface area contributed by atoms with Crippen molar-refractivity contribution in [3.63, 3.8) is 0 Å². The lowest BCUT2D eigenvalue weighted by molar-refractivity contribution is -0.137. The van der Waals surface area contributed by atoms with E-state index in [4.69, 9.17) is 9.26 Å². The van der Waals surface area contributed by atoms with Crippen molar-refractivity contribution in [2.75, 3.05) is 6.61 Å². The summed E-state index contributed by atoms with van der Waals surface area (Å²) in [6.07, 6.45) is 0.490. The van der Waals surface area contributed by atoms with E-state index >= 15 is 0 Å². The van der Waals surface area contributed by atoms with Crippen LogP contribution >= 0.6 is 8.03 Å². The first kappa shape index (κ1) is 10.2. The largest absolute Gasteiger partial charge is 0.465 e. The van der Waals surface area contributed by atoms with Crippen LogP contribution in [0.25, 0.3) is 0 Å². The van der Waals surface area contributed by atoms with E-state index in [0.717, 1.165) is 0 Å². The van der Waals surface area contributed by atoms with Crippen LogP contribution in [0, 0.1) is 0 Å². The number of para-hydroxylation sites is 1. The minimum absolute atomic E-state index is 0.345. The van der Waals surface area contributed by atoms with E-state index in [1.165, 1.54) is 0 Å². The van der Waals surface area contributed by atoms with Gasteiger partial charge in [0.05, 0.1) is 6.61 Å². The summed E-state index contributed by atoms with van der Waals surface area (Å²) in [7, 11) is -2.39. The summed E-state index contributed by atoms with van der Waals surface area (Å²) in [5.74, 6) is 0.121. The van der Waals surface area contributed by atoms with Gasteiger partial charge in [-0.3, -0.25) is 9.36 Å². The van der Waals surface area contributed by atoms with E-state index in [2.05, 4.69) is 0 Å². The number of hydrogen-bond acceptors (Lipinski definition) is 4. The lowest BCUT2D eigenvalue weighted by atomic mass is 10.3. The SMILES string of the molecule is O=C1OCCC1[PH](=O)Oc1ccccc1. The molecule has 0 bridgehead atoms. The van der Waals surface area contributed by atoms with Gasteiger partial charge in [0.2, 0.25) is 0 Å². The van der Waals surface area contributed by atoms with Crippen molar-refractivity contribution >= 4 is 14.0 Å². The number of carbonyl (C=O) groups excluding carboxylic acids is 1. The molecule has 2 unspecified atom stereocenters. The van der Waals surface area contributed by atoms with Gasteiger partial charge in [0.15, 0.2) is 0 Å². The van der Waals surface area contributed by atoms with Crippen molar-refractivity contribution in [1.29, 1.82) is 0 Å². The fourth-order valence-corrected chi connectivity index (χ4v) is 2.53. The van der Waals surface area contributed by atoms with Crippen molar-refractivity contribution in [1.82, 2.24) is 0 Å². The maximum absolute atomic E-state index is 11.7. The molecule has 0 radical (unpaired) electrons. The molecule has 0 aromatic heterocycles. The van der Waals surface area contributed by atoms with Crippen LogP contribution in [0.3, 0.4) is 0 Å². The number of hydrogen-bond donors (Lipinski definition) is 0. The third kappa shape index (κ3) is 2.39. The van der Waals surface area contributed by atoms with Crippen LogP contribution < -0.4 is 4.52 Å². The van der Waals surface area contributed by atoms with Crippen molar-refractivity contribution in [2.45, 2.75) is 12.1 Å². The average Bonchev–Trinajstić information content (AvgIpc) is 2.66. The van der Waals surface area contributed by atoms with E-state index in [-0.39, 0.29) is 0 Å². The highest BCUT2D eigenvalue weighted by Gasteiger charge is 2.33. The van der Waals surface area contributed by atoms with Gasteiger partial charge in [0.25, 0.3) is 8.03 Å². The predicted octanol–water partition coefficient (Wildman–Crippen LogP) is 1.86. The quantitative estimate of drug-likeness (QED) is 0.583. The molecule has 80 valence electrons. The van der Waals surface area contributed by atoms with Gasteiger partial charge in [0.1, 0.15) is 11.4 Å². The molecule has 2 rings (SSSR count). The highest BCUT2D eigenvalue weighted by Crippen LogP contribution is 2.36. The molecule has 1 aromatic rings. The second kappa shape index (κ2) is 4.49. The van der Waals surface area contributed by atoms with Gasteiger partial charge in [-0.2, -0.15) is 0 Å². The molecule has 0 aliphatic carbocycles. The molecule has 1 saturated heterocycles. The molecule has 1 aromatic carbocycles. The lowest BCUT2D eigenvalue weighted by Crippen LogP contribution is -2.11. The Balaban J connectivity index is 2.01. The fourth-order valence-electron chi connectivity index (χ4n) is 1.39. The Morgan fingerprint density at radius 1 is 1.33 bits per heavy atom. The van der Waals surface area contributed by atoms with Gasteiger partial charge < -0.3 is 9.26 Å². The summed E-state index contributed by atoms with van der Waals surface area (Å²) in [5, 5.41) is 0. The van der Waals surface area contributed by atoms with Crippen molar-refractivity contribution in [3.05, 3.63) is 30.3 Å². The molecular weight excluding hydrogens is 215 g/mol. The summed E-state index contributed by atoms with van der Waals surface area (Å²) in [6, 6.07) is 8.84. The first-order valence-corrected chi connectivity index (χ1v) is 6.10. The van der Waals surface area contributed by atoms with Crippen LogP contribution in [0.2, 0.25) is 0 Å². The molecule has 0 N–H and O–H groups in total. The highest BCUT2D eigenvalue weighted by atomic mass is 31.1. The van der Waals surface area contributed by atoms with Crippen LogP contribution in [0.15, 0.2) is 30.3 Å². The third-order valence-electron chi connectivity index (χ3n) is 2.18. The molecule has 4 nitrogen and oxygen atoms in total. The molecule has 15 heavy (non-hydrogen) atoms. The maximum Gasteiger partial charge on any atom is 0.319 e. The van der Waals surface area contributed by atoms with Gasteiger partial charge >= 0.3 is 5.97 Å². The normalized spacial score (nSPS) is 22.1. The minimum atomic E-state index is -2.39. The second-order valence-electron chi connectivity index (χ2n) is 3.24. The monoisotopic (exact) mass is 226 g/mol. The molecule has 0 amide bonds. The number of ether oxygens (including phenoxy) is 1. The van der Waals surface area contributed by atoms with Gasteiger partial charge in [-0.1, -0.05) is 18.2 Å². The molecule has 0 saturated carbocycles. The standard InChI is InChI=1S/C10H11O4P/c11-10-9(6-7-13-10)15(12)14-8-4-2-1-3-5-8/h1-5,9,15H,6-7H2. The van der Waals surface area contributed by atoms with Crippen molar-refractivity contribution in [3.8, 4) is 5.75 Å². The summed E-state index contributed by atoms with van der Waals surface area (Å²) < 4.78 is 21.6.